The molecular formula is C18H20O4S. The second-order valence-electron chi connectivity index (χ2n) is 5.36. The number of hydrogen-bond acceptors (Lipinski definition) is 5. The maximum Gasteiger partial charge on any atom is 0.308 e. The maximum atomic E-state index is 12.4. The smallest absolute Gasteiger partial charge is 0.308 e. The van der Waals surface area contributed by atoms with Crippen LogP contribution in [-0.4, -0.2) is 26.0 Å². The summed E-state index contributed by atoms with van der Waals surface area (Å²) in [5.74, 6) is -0.0625. The van der Waals surface area contributed by atoms with E-state index >= 15 is 0 Å². The molecule has 2 rings (SSSR count). The minimum absolute atomic E-state index is 0.0478. The van der Waals surface area contributed by atoms with E-state index in [-0.39, 0.29) is 18.2 Å². The number of carbonyl (C=O) groups excluding carboxylic acids is 2. The van der Waals surface area contributed by atoms with Crippen molar-refractivity contribution >= 4 is 33.2 Å². The highest BCUT2D eigenvalue weighted by Crippen LogP contribution is 2.33. The van der Waals surface area contributed by atoms with Gasteiger partial charge in [0, 0.05) is 11.1 Å². The maximum absolute atomic E-state index is 12.4. The summed E-state index contributed by atoms with van der Waals surface area (Å²) in [5, 5.41) is 1.00. The molecule has 1 atom stereocenters. The van der Waals surface area contributed by atoms with Gasteiger partial charge in [-0.1, -0.05) is 13.0 Å². The number of thiophene rings is 1. The molecule has 0 saturated carbocycles. The summed E-state index contributed by atoms with van der Waals surface area (Å²) >= 11 is 1.42. The Hall–Kier alpha value is -2.14. The fraction of sp³-hybridized carbons (Fsp3) is 0.333. The van der Waals surface area contributed by atoms with Crippen LogP contribution in [0.4, 0.5) is 0 Å². The molecule has 5 heteroatoms. The largest absolute Gasteiger partial charge is 0.496 e. The van der Waals surface area contributed by atoms with Gasteiger partial charge < -0.3 is 9.47 Å². The second kappa shape index (κ2) is 7.42. The van der Waals surface area contributed by atoms with Crippen LogP contribution in [0.1, 0.15) is 28.6 Å². The van der Waals surface area contributed by atoms with Gasteiger partial charge in [0.15, 0.2) is 5.78 Å². The van der Waals surface area contributed by atoms with Crippen LogP contribution in [-0.2, 0) is 16.0 Å². The second-order valence-corrected chi connectivity index (χ2v) is 6.44. The first-order chi connectivity index (χ1) is 11.0. The van der Waals surface area contributed by atoms with Crippen molar-refractivity contribution in [2.24, 2.45) is 5.92 Å². The van der Waals surface area contributed by atoms with E-state index in [1.54, 1.807) is 14.0 Å². The van der Waals surface area contributed by atoms with Gasteiger partial charge >= 0.3 is 5.97 Å². The lowest BCUT2D eigenvalue weighted by Crippen LogP contribution is -2.16. The Kier molecular flexibility index (Phi) is 5.55. The third-order valence-corrected chi connectivity index (χ3v) is 4.79. The molecule has 4 nitrogen and oxygen atoms in total. The molecule has 0 saturated heterocycles. The van der Waals surface area contributed by atoms with Crippen molar-refractivity contribution in [3.05, 3.63) is 41.3 Å². The Labute approximate surface area is 139 Å². The summed E-state index contributed by atoms with van der Waals surface area (Å²) in [4.78, 5) is 24.5. The number of allylic oxidation sites excluding steroid dienone is 1. The van der Waals surface area contributed by atoms with E-state index in [9.17, 15) is 9.59 Å². The van der Waals surface area contributed by atoms with Gasteiger partial charge in [-0.05, 0) is 35.6 Å². The molecule has 23 heavy (non-hydrogen) atoms. The van der Waals surface area contributed by atoms with E-state index in [0.717, 1.165) is 21.4 Å². The zero-order chi connectivity index (χ0) is 17.0. The zero-order valence-corrected chi connectivity index (χ0v) is 14.4. The molecule has 1 unspecified atom stereocenters. The molecule has 0 N–H and O–H groups in total. The Bertz CT molecular complexity index is 745. The molecule has 1 aromatic carbocycles. The Morgan fingerprint density at radius 1 is 1.30 bits per heavy atom. The Morgan fingerprint density at radius 3 is 2.65 bits per heavy atom. The number of esters is 1. The first-order valence-corrected chi connectivity index (χ1v) is 8.14. The van der Waals surface area contributed by atoms with E-state index in [4.69, 9.17) is 4.74 Å². The molecule has 0 aliphatic rings. The van der Waals surface area contributed by atoms with Crippen molar-refractivity contribution in [1.29, 1.82) is 0 Å². The predicted molar refractivity (Wildman–Crippen MR) is 92.4 cm³/mol. The molecule has 1 heterocycles. The van der Waals surface area contributed by atoms with Gasteiger partial charge in [0.25, 0.3) is 0 Å². The Balaban J connectivity index is 2.30. The lowest BCUT2D eigenvalue weighted by atomic mass is 10.0. The molecule has 0 spiro atoms. The van der Waals surface area contributed by atoms with Crippen molar-refractivity contribution < 1.29 is 19.1 Å². The molecule has 122 valence electrons. The summed E-state index contributed by atoms with van der Waals surface area (Å²) in [6.07, 6.45) is 2.67. The molecule has 0 aliphatic heterocycles. The van der Waals surface area contributed by atoms with Gasteiger partial charge in [-0.3, -0.25) is 9.59 Å². The van der Waals surface area contributed by atoms with Crippen LogP contribution in [0.3, 0.4) is 0 Å². The van der Waals surface area contributed by atoms with Crippen LogP contribution in [0, 0.1) is 5.92 Å². The third kappa shape index (κ3) is 3.79. The van der Waals surface area contributed by atoms with Crippen molar-refractivity contribution in [1.82, 2.24) is 0 Å². The average Bonchev–Trinajstić information content (AvgIpc) is 2.96. The molecule has 1 aromatic heterocycles. The van der Waals surface area contributed by atoms with E-state index in [1.807, 2.05) is 24.3 Å². The summed E-state index contributed by atoms with van der Waals surface area (Å²) in [5.41, 5.74) is 1.04. The predicted octanol–water partition coefficient (Wildman–Crippen LogP) is 4.02. The average molecular weight is 332 g/mol. The van der Waals surface area contributed by atoms with Crippen LogP contribution >= 0.6 is 11.3 Å². The van der Waals surface area contributed by atoms with Gasteiger partial charge in [0.2, 0.25) is 0 Å². The molecular weight excluding hydrogens is 312 g/mol. The molecule has 0 aliphatic carbocycles. The highest BCUT2D eigenvalue weighted by atomic mass is 32.1. The molecule has 2 aromatic rings. The van der Waals surface area contributed by atoms with Gasteiger partial charge in [0.1, 0.15) is 5.75 Å². The highest BCUT2D eigenvalue weighted by molar-refractivity contribution is 7.20. The number of carbonyl (C=O) groups is 2. The molecule has 0 bridgehead atoms. The first-order valence-electron chi connectivity index (χ1n) is 7.32. The number of ketones is 1. The monoisotopic (exact) mass is 332 g/mol. The molecule has 0 amide bonds. The number of rotatable bonds is 7. The van der Waals surface area contributed by atoms with Gasteiger partial charge in [-0.25, -0.2) is 0 Å². The van der Waals surface area contributed by atoms with E-state index in [2.05, 4.69) is 11.3 Å². The zero-order valence-electron chi connectivity index (χ0n) is 13.5. The van der Waals surface area contributed by atoms with Crippen LogP contribution in [0.25, 0.3) is 10.1 Å². The standard InChI is InChI=1S/C18H20O4S/c1-5-6-12-8-13-9-17(23-16(13)10-15(12)21-3)14(19)7-11(2)18(20)22-4/h5,8-11H,1,6-7H2,2-4H3. The number of ether oxygens (including phenoxy) is 2. The van der Waals surface area contributed by atoms with Crippen LogP contribution in [0.5, 0.6) is 5.75 Å². The SMILES string of the molecule is C=CCc1cc2cc(C(=O)CC(C)C(=O)OC)sc2cc1OC. The Morgan fingerprint density at radius 2 is 2.04 bits per heavy atom. The van der Waals surface area contributed by atoms with Crippen LogP contribution in [0.15, 0.2) is 30.9 Å². The summed E-state index contributed by atoms with van der Waals surface area (Å²) in [7, 11) is 2.96. The number of methoxy groups -OCH3 is 2. The van der Waals surface area contributed by atoms with Crippen molar-refractivity contribution in [3.63, 3.8) is 0 Å². The topological polar surface area (TPSA) is 52.6 Å². The number of fused-ring (bicyclic) bond motifs is 1. The van der Waals surface area contributed by atoms with Crippen molar-refractivity contribution in [3.8, 4) is 5.75 Å². The van der Waals surface area contributed by atoms with Crippen LogP contribution < -0.4 is 4.74 Å². The number of Topliss-reactive ketones (excluding diaryl/α,β-unsaturated/α-hetero) is 1. The first kappa shape index (κ1) is 17.2. The lowest BCUT2D eigenvalue weighted by molar-refractivity contribution is -0.144. The van der Waals surface area contributed by atoms with Crippen molar-refractivity contribution in [2.75, 3.05) is 14.2 Å². The fourth-order valence-corrected chi connectivity index (χ4v) is 3.44. The van der Waals surface area contributed by atoms with E-state index in [0.29, 0.717) is 11.3 Å². The summed E-state index contributed by atoms with van der Waals surface area (Å²) in [6, 6.07) is 5.84. The minimum atomic E-state index is -0.441. The lowest BCUT2D eigenvalue weighted by Gasteiger charge is -2.06. The minimum Gasteiger partial charge on any atom is -0.496 e. The quantitative estimate of drug-likeness (QED) is 0.436. The van der Waals surface area contributed by atoms with E-state index < -0.39 is 5.92 Å². The fourth-order valence-electron chi connectivity index (χ4n) is 2.42. The number of hydrogen-bond donors (Lipinski definition) is 0. The number of benzene rings is 1. The summed E-state index contributed by atoms with van der Waals surface area (Å²) < 4.78 is 11.1. The van der Waals surface area contributed by atoms with Gasteiger partial charge in [-0.2, -0.15) is 0 Å². The summed E-state index contributed by atoms with van der Waals surface area (Å²) in [6.45, 7) is 5.45. The normalized spacial score (nSPS) is 12.0. The van der Waals surface area contributed by atoms with Crippen LogP contribution in [0.2, 0.25) is 0 Å². The van der Waals surface area contributed by atoms with Crippen molar-refractivity contribution in [2.45, 2.75) is 19.8 Å². The van der Waals surface area contributed by atoms with Gasteiger partial charge in [-0.15, -0.1) is 17.9 Å². The third-order valence-electron chi connectivity index (χ3n) is 3.65. The molecule has 0 fully saturated rings. The highest BCUT2D eigenvalue weighted by Gasteiger charge is 2.20. The van der Waals surface area contributed by atoms with Gasteiger partial charge in [0.05, 0.1) is 25.0 Å². The molecule has 0 radical (unpaired) electrons. The van der Waals surface area contributed by atoms with E-state index in [1.165, 1.54) is 18.4 Å².